The fourth-order valence-electron chi connectivity index (χ4n) is 8.57. The summed E-state index contributed by atoms with van der Waals surface area (Å²) < 4.78 is 12.6. The van der Waals surface area contributed by atoms with Crippen LogP contribution >= 0.6 is 0 Å². The number of benzene rings is 9. The van der Waals surface area contributed by atoms with E-state index in [4.69, 9.17) is 23.8 Å². The molecule has 260 valence electrons. The van der Waals surface area contributed by atoms with Crippen molar-refractivity contribution in [3.8, 4) is 45.3 Å². The summed E-state index contributed by atoms with van der Waals surface area (Å²) in [6, 6.07) is 61.1. The lowest BCUT2D eigenvalue weighted by molar-refractivity contribution is 0.668. The second-order valence-corrected chi connectivity index (χ2v) is 14.3. The van der Waals surface area contributed by atoms with Gasteiger partial charge in [-0.15, -0.1) is 0 Å². The van der Waals surface area contributed by atoms with Crippen LogP contribution in [0.5, 0.6) is 0 Å². The number of hydrogen-bond acceptors (Lipinski definition) is 5. The fourth-order valence-corrected chi connectivity index (χ4v) is 8.57. The van der Waals surface area contributed by atoms with E-state index >= 15 is 0 Å². The number of nitrogens with zero attached hydrogens (tertiary/aromatic N) is 3. The first-order valence-corrected chi connectivity index (χ1v) is 18.8. The number of para-hydroxylation sites is 2. The van der Waals surface area contributed by atoms with Gasteiger partial charge < -0.3 is 8.83 Å². The van der Waals surface area contributed by atoms with E-state index in [1.165, 1.54) is 37.9 Å². The molecule has 0 fully saturated rings. The van der Waals surface area contributed by atoms with Gasteiger partial charge in [0.1, 0.15) is 22.3 Å². The summed E-state index contributed by atoms with van der Waals surface area (Å²) in [7, 11) is 0. The van der Waals surface area contributed by atoms with Gasteiger partial charge in [0.15, 0.2) is 17.5 Å². The largest absolute Gasteiger partial charge is 0.456 e. The lowest BCUT2D eigenvalue weighted by Gasteiger charge is -2.14. The highest BCUT2D eigenvalue weighted by Crippen LogP contribution is 2.41. The maximum Gasteiger partial charge on any atom is 0.164 e. The lowest BCUT2D eigenvalue weighted by atomic mass is 9.91. The Labute approximate surface area is 320 Å². The molecular formula is C51H29N3O2. The van der Waals surface area contributed by atoms with Gasteiger partial charge in [0.2, 0.25) is 0 Å². The Morgan fingerprint density at radius 3 is 1.41 bits per heavy atom. The number of fused-ring (bicyclic) bond motifs is 11. The van der Waals surface area contributed by atoms with Crippen molar-refractivity contribution in [3.05, 3.63) is 176 Å². The average molecular weight is 716 g/mol. The molecule has 0 atom stereocenters. The normalized spacial score (nSPS) is 11.9. The van der Waals surface area contributed by atoms with Crippen molar-refractivity contribution >= 4 is 76.2 Å². The summed E-state index contributed by atoms with van der Waals surface area (Å²) in [4.78, 5) is 15.6. The summed E-state index contributed by atoms with van der Waals surface area (Å²) >= 11 is 0. The number of furan rings is 2. The molecule has 0 spiro atoms. The molecule has 56 heavy (non-hydrogen) atoms. The van der Waals surface area contributed by atoms with E-state index in [2.05, 4.69) is 115 Å². The number of aromatic nitrogens is 3. The standard InChI is InChI=1S/C51H29N3O2/c1-2-12-33-30(11-1)27-28-36-34-13-3-4-14-35(34)41(29-42(33)36)31-23-25-32(26-24-31)49-52-50(39-17-9-21-45-47(39)37-15-5-7-19-43(37)55-45)54-51(53-49)40-18-10-22-46-48(40)38-16-6-8-20-44(38)56-46/h1-29H. The second-order valence-electron chi connectivity index (χ2n) is 14.3. The Balaban J connectivity index is 1.07. The van der Waals surface area contributed by atoms with Crippen molar-refractivity contribution in [2.75, 3.05) is 0 Å². The molecule has 0 aliphatic carbocycles. The molecular weight excluding hydrogens is 687 g/mol. The van der Waals surface area contributed by atoms with Gasteiger partial charge in [-0.25, -0.2) is 15.0 Å². The van der Waals surface area contributed by atoms with Gasteiger partial charge >= 0.3 is 0 Å². The average Bonchev–Trinajstić information content (AvgIpc) is 3.85. The van der Waals surface area contributed by atoms with Crippen LogP contribution in [0.4, 0.5) is 0 Å². The Morgan fingerprint density at radius 1 is 0.286 bits per heavy atom. The minimum atomic E-state index is 0.573. The highest BCUT2D eigenvalue weighted by molar-refractivity contribution is 6.21. The van der Waals surface area contributed by atoms with Crippen LogP contribution in [0.1, 0.15) is 0 Å². The maximum atomic E-state index is 6.29. The zero-order valence-corrected chi connectivity index (χ0v) is 29.9. The topological polar surface area (TPSA) is 65.0 Å². The van der Waals surface area contributed by atoms with Crippen LogP contribution in [-0.4, -0.2) is 15.0 Å². The van der Waals surface area contributed by atoms with Crippen LogP contribution in [0.3, 0.4) is 0 Å². The zero-order chi connectivity index (χ0) is 36.7. The molecule has 0 saturated heterocycles. The van der Waals surface area contributed by atoms with Crippen LogP contribution < -0.4 is 0 Å². The molecule has 0 bridgehead atoms. The molecule has 0 amide bonds. The van der Waals surface area contributed by atoms with Crippen molar-refractivity contribution in [2.24, 2.45) is 0 Å². The van der Waals surface area contributed by atoms with Crippen molar-refractivity contribution < 1.29 is 8.83 Å². The Bertz CT molecular complexity index is 3410. The lowest BCUT2D eigenvalue weighted by Crippen LogP contribution is -2.00. The number of rotatable bonds is 4. The van der Waals surface area contributed by atoms with Crippen LogP contribution in [0.15, 0.2) is 185 Å². The van der Waals surface area contributed by atoms with E-state index in [-0.39, 0.29) is 0 Å². The van der Waals surface area contributed by atoms with Crippen molar-refractivity contribution in [2.45, 2.75) is 0 Å². The first kappa shape index (κ1) is 30.8. The van der Waals surface area contributed by atoms with E-state index in [1.54, 1.807) is 0 Å². The van der Waals surface area contributed by atoms with Crippen molar-refractivity contribution in [1.29, 1.82) is 0 Å². The molecule has 12 aromatic rings. The Hall–Kier alpha value is -7.63. The predicted molar refractivity (Wildman–Crippen MR) is 229 cm³/mol. The van der Waals surface area contributed by atoms with Crippen LogP contribution in [0, 0.1) is 0 Å². The Kier molecular flexibility index (Phi) is 6.56. The third kappa shape index (κ3) is 4.64. The van der Waals surface area contributed by atoms with E-state index in [1.807, 2.05) is 60.7 Å². The zero-order valence-electron chi connectivity index (χ0n) is 29.9. The summed E-state index contributed by atoms with van der Waals surface area (Å²) in [5, 5.41) is 11.4. The molecule has 3 aromatic heterocycles. The van der Waals surface area contributed by atoms with Crippen LogP contribution in [0.2, 0.25) is 0 Å². The molecule has 5 heteroatoms. The smallest absolute Gasteiger partial charge is 0.164 e. The molecule has 3 heterocycles. The minimum absolute atomic E-state index is 0.573. The first-order chi connectivity index (χ1) is 27.7. The van der Waals surface area contributed by atoms with Gasteiger partial charge in [0.25, 0.3) is 0 Å². The minimum Gasteiger partial charge on any atom is -0.456 e. The van der Waals surface area contributed by atoms with Crippen molar-refractivity contribution in [3.63, 3.8) is 0 Å². The van der Waals surface area contributed by atoms with Crippen molar-refractivity contribution in [1.82, 2.24) is 15.0 Å². The molecule has 12 rings (SSSR count). The number of hydrogen-bond donors (Lipinski definition) is 0. The third-order valence-corrected chi connectivity index (χ3v) is 11.1. The summed E-state index contributed by atoms with van der Waals surface area (Å²) in [6.07, 6.45) is 0. The molecule has 0 aliphatic rings. The SMILES string of the molecule is c1ccc2c(c1)ccc1c3ccccc3c(-c3ccc(-c4nc(-c5cccc6oc7ccccc7c56)nc(-c5cccc6oc7ccccc7c56)n4)cc3)cc21. The highest BCUT2D eigenvalue weighted by Gasteiger charge is 2.20. The molecule has 5 nitrogen and oxygen atoms in total. The Morgan fingerprint density at radius 2 is 0.768 bits per heavy atom. The van der Waals surface area contributed by atoms with Gasteiger partial charge in [-0.3, -0.25) is 0 Å². The molecule has 0 saturated carbocycles. The maximum absolute atomic E-state index is 6.29. The quantitative estimate of drug-likeness (QED) is 0.170. The van der Waals surface area contributed by atoms with E-state index in [9.17, 15) is 0 Å². The molecule has 0 unspecified atom stereocenters. The van der Waals surface area contributed by atoms with Crippen LogP contribution in [-0.2, 0) is 0 Å². The summed E-state index contributed by atoms with van der Waals surface area (Å²) in [6.45, 7) is 0. The molecule has 0 radical (unpaired) electrons. The van der Waals surface area contributed by atoms with E-state index < -0.39 is 0 Å². The molecule has 9 aromatic carbocycles. The summed E-state index contributed by atoms with van der Waals surface area (Å²) in [5.74, 6) is 1.73. The third-order valence-electron chi connectivity index (χ3n) is 11.1. The second kappa shape index (κ2) is 11.9. The summed E-state index contributed by atoms with van der Waals surface area (Å²) in [5.41, 5.74) is 8.19. The van der Waals surface area contributed by atoms with Crippen LogP contribution in [0.25, 0.3) is 121 Å². The fraction of sp³-hybridized carbons (Fsp3) is 0. The van der Waals surface area contributed by atoms with Gasteiger partial charge in [-0.2, -0.15) is 0 Å². The van der Waals surface area contributed by atoms with E-state index in [0.717, 1.165) is 66.1 Å². The molecule has 0 aliphatic heterocycles. The highest BCUT2D eigenvalue weighted by atomic mass is 16.3. The first-order valence-electron chi connectivity index (χ1n) is 18.8. The van der Waals surface area contributed by atoms with E-state index in [0.29, 0.717) is 17.5 Å². The van der Waals surface area contributed by atoms with Gasteiger partial charge in [-0.05, 0) is 73.8 Å². The van der Waals surface area contributed by atoms with Gasteiger partial charge in [0.05, 0.1) is 0 Å². The van der Waals surface area contributed by atoms with Gasteiger partial charge in [0, 0.05) is 38.2 Å². The molecule has 0 N–H and O–H groups in total. The van der Waals surface area contributed by atoms with Gasteiger partial charge in [-0.1, -0.05) is 146 Å². The monoisotopic (exact) mass is 715 g/mol. The predicted octanol–water partition coefficient (Wildman–Crippen LogP) is 13.8.